The number of guanidine groups is 1. The fourth-order valence-electron chi connectivity index (χ4n) is 4.23. The lowest BCUT2D eigenvalue weighted by Crippen LogP contribution is -2.38. The monoisotopic (exact) mass is 577 g/mol. The van der Waals surface area contributed by atoms with Crippen molar-refractivity contribution in [2.75, 3.05) is 26.2 Å². The van der Waals surface area contributed by atoms with Gasteiger partial charge in [0.15, 0.2) is 5.96 Å². The lowest BCUT2D eigenvalue weighted by molar-refractivity contribution is 0.0724. The van der Waals surface area contributed by atoms with E-state index in [9.17, 15) is 9.18 Å². The Morgan fingerprint density at radius 3 is 2.59 bits per heavy atom. The minimum absolute atomic E-state index is 0. The zero-order chi connectivity index (χ0) is 23.0. The number of benzene rings is 2. The molecule has 34 heavy (non-hydrogen) atoms. The highest BCUT2D eigenvalue weighted by atomic mass is 127. The van der Waals surface area contributed by atoms with Gasteiger partial charge in [0, 0.05) is 48.8 Å². The molecular weight excluding hydrogens is 544 g/mol. The van der Waals surface area contributed by atoms with Crippen molar-refractivity contribution in [2.24, 2.45) is 4.99 Å². The smallest absolute Gasteiger partial charge is 0.253 e. The van der Waals surface area contributed by atoms with Gasteiger partial charge in [-0.15, -0.1) is 24.0 Å². The number of piperidine rings is 1. The second-order valence-corrected chi connectivity index (χ2v) is 8.43. The summed E-state index contributed by atoms with van der Waals surface area (Å²) in [6.45, 7) is 5.75. The molecule has 1 saturated heterocycles. The molecule has 2 aromatic carbocycles. The van der Waals surface area contributed by atoms with Crippen LogP contribution in [0.4, 0.5) is 4.39 Å². The Balaban J connectivity index is 0.00000324. The SMILES string of the molecule is CCNC(=NCc1ccc(C(=O)N2CCCCC2)cc1)NCCc1c[nH]c2cc(F)ccc12.I. The molecular formula is C26H33FIN5O. The number of likely N-dealkylation sites (tertiary alicyclic amines) is 1. The van der Waals surface area contributed by atoms with Gasteiger partial charge < -0.3 is 20.5 Å². The second-order valence-electron chi connectivity index (χ2n) is 8.43. The molecule has 1 aliphatic heterocycles. The van der Waals surface area contributed by atoms with Crippen molar-refractivity contribution < 1.29 is 9.18 Å². The van der Waals surface area contributed by atoms with E-state index < -0.39 is 0 Å². The highest BCUT2D eigenvalue weighted by Crippen LogP contribution is 2.19. The maximum atomic E-state index is 13.4. The molecule has 0 unspecified atom stereocenters. The van der Waals surface area contributed by atoms with E-state index in [4.69, 9.17) is 0 Å². The summed E-state index contributed by atoms with van der Waals surface area (Å²) in [6.07, 6.45) is 6.13. The number of carbonyl (C=O) groups is 1. The summed E-state index contributed by atoms with van der Waals surface area (Å²) in [6, 6.07) is 12.6. The molecule has 182 valence electrons. The number of rotatable bonds is 7. The van der Waals surface area contributed by atoms with E-state index in [2.05, 4.69) is 20.6 Å². The van der Waals surface area contributed by atoms with Crippen molar-refractivity contribution in [2.45, 2.75) is 39.2 Å². The molecule has 2 heterocycles. The predicted molar refractivity (Wildman–Crippen MR) is 146 cm³/mol. The van der Waals surface area contributed by atoms with Crippen LogP contribution >= 0.6 is 24.0 Å². The van der Waals surface area contributed by atoms with E-state index in [-0.39, 0.29) is 35.7 Å². The van der Waals surface area contributed by atoms with Crippen molar-refractivity contribution >= 4 is 46.7 Å². The van der Waals surface area contributed by atoms with Crippen LogP contribution in [0.25, 0.3) is 10.9 Å². The van der Waals surface area contributed by atoms with Crippen molar-refractivity contribution in [1.82, 2.24) is 20.5 Å². The second kappa shape index (κ2) is 12.7. The molecule has 1 aliphatic rings. The number of carbonyl (C=O) groups excluding carboxylic acids is 1. The van der Waals surface area contributed by atoms with E-state index in [1.165, 1.54) is 18.6 Å². The van der Waals surface area contributed by atoms with Crippen molar-refractivity contribution in [3.05, 3.63) is 71.2 Å². The summed E-state index contributed by atoms with van der Waals surface area (Å²) < 4.78 is 13.4. The molecule has 1 aromatic heterocycles. The van der Waals surface area contributed by atoms with Crippen LogP contribution < -0.4 is 10.6 Å². The molecule has 6 nitrogen and oxygen atoms in total. The number of nitrogens with zero attached hydrogens (tertiary/aromatic N) is 2. The first-order chi connectivity index (χ1) is 16.1. The van der Waals surface area contributed by atoms with Crippen molar-refractivity contribution in [3.8, 4) is 0 Å². The Bertz CT molecular complexity index is 1110. The average molecular weight is 577 g/mol. The van der Waals surface area contributed by atoms with Crippen molar-refractivity contribution in [3.63, 3.8) is 0 Å². The number of H-pyrrole nitrogens is 1. The highest BCUT2D eigenvalue weighted by molar-refractivity contribution is 14.0. The molecule has 4 rings (SSSR count). The summed E-state index contributed by atoms with van der Waals surface area (Å²) in [7, 11) is 0. The Labute approximate surface area is 217 Å². The molecule has 0 radical (unpaired) electrons. The lowest BCUT2D eigenvalue weighted by Gasteiger charge is -2.26. The molecule has 1 amide bonds. The largest absolute Gasteiger partial charge is 0.361 e. The van der Waals surface area contributed by atoms with Crippen LogP contribution in [0.1, 0.15) is 47.7 Å². The van der Waals surface area contributed by atoms with Gasteiger partial charge in [0.05, 0.1) is 6.54 Å². The van der Waals surface area contributed by atoms with Gasteiger partial charge in [-0.25, -0.2) is 9.38 Å². The average Bonchev–Trinajstić information content (AvgIpc) is 3.25. The predicted octanol–water partition coefficient (Wildman–Crippen LogP) is 4.85. The minimum atomic E-state index is -0.237. The fraction of sp³-hybridized carbons (Fsp3) is 0.385. The number of aromatic amines is 1. The van der Waals surface area contributed by atoms with Crippen LogP contribution in [0.2, 0.25) is 0 Å². The quantitative estimate of drug-likeness (QED) is 0.214. The van der Waals surface area contributed by atoms with Gasteiger partial charge in [0.25, 0.3) is 5.91 Å². The Hall–Kier alpha value is -2.62. The van der Waals surface area contributed by atoms with Gasteiger partial charge in [-0.1, -0.05) is 12.1 Å². The number of hydrogen-bond donors (Lipinski definition) is 3. The van der Waals surface area contributed by atoms with Crippen molar-refractivity contribution in [1.29, 1.82) is 0 Å². The highest BCUT2D eigenvalue weighted by Gasteiger charge is 2.17. The first-order valence-electron chi connectivity index (χ1n) is 11.8. The molecule has 0 bridgehead atoms. The third kappa shape index (κ3) is 6.71. The summed E-state index contributed by atoms with van der Waals surface area (Å²) in [5.41, 5.74) is 3.75. The van der Waals surface area contributed by atoms with E-state index in [1.807, 2.05) is 48.4 Å². The van der Waals surface area contributed by atoms with Crippen LogP contribution in [0.5, 0.6) is 0 Å². The molecule has 0 aliphatic carbocycles. The van der Waals surface area contributed by atoms with Crippen LogP contribution in [-0.2, 0) is 13.0 Å². The summed E-state index contributed by atoms with van der Waals surface area (Å²) >= 11 is 0. The topological polar surface area (TPSA) is 72.5 Å². The zero-order valence-electron chi connectivity index (χ0n) is 19.6. The summed E-state index contributed by atoms with van der Waals surface area (Å²) in [4.78, 5) is 22.4. The van der Waals surface area contributed by atoms with Crippen LogP contribution in [0.3, 0.4) is 0 Å². The number of aromatic nitrogens is 1. The molecule has 1 fully saturated rings. The standard InChI is InChI=1S/C26H32FN5O.HI/c1-2-28-26(29-13-12-21-18-30-24-16-22(27)10-11-23(21)24)31-17-19-6-8-20(9-7-19)25(33)32-14-4-3-5-15-32;/h6-11,16,18,30H,2-5,12-15,17H2,1H3,(H2,28,29,31);1H. The lowest BCUT2D eigenvalue weighted by atomic mass is 10.1. The Morgan fingerprint density at radius 1 is 1.09 bits per heavy atom. The molecule has 3 N–H and O–H groups in total. The first-order valence-corrected chi connectivity index (χ1v) is 11.8. The van der Waals surface area contributed by atoms with Crippen LogP contribution in [-0.4, -0.2) is 47.9 Å². The Morgan fingerprint density at radius 2 is 1.85 bits per heavy atom. The number of aliphatic imine (C=N–C) groups is 1. The molecule has 8 heteroatoms. The number of fused-ring (bicyclic) bond motifs is 1. The molecule has 0 saturated carbocycles. The molecule has 3 aromatic rings. The van der Waals surface area contributed by atoms with Crippen LogP contribution in [0.15, 0.2) is 53.7 Å². The van der Waals surface area contributed by atoms with E-state index in [0.29, 0.717) is 13.1 Å². The summed E-state index contributed by atoms with van der Waals surface area (Å²) in [5.74, 6) is 0.635. The number of nitrogens with one attached hydrogen (secondary N) is 3. The maximum absolute atomic E-state index is 13.4. The normalized spacial score (nSPS) is 14.1. The molecule has 0 spiro atoms. The van der Waals surface area contributed by atoms with Gasteiger partial charge in [0.2, 0.25) is 0 Å². The third-order valence-corrected chi connectivity index (χ3v) is 6.02. The van der Waals surface area contributed by atoms with Gasteiger partial charge in [0.1, 0.15) is 5.82 Å². The van der Waals surface area contributed by atoms with Gasteiger partial charge in [-0.3, -0.25) is 4.79 Å². The first kappa shape index (κ1) is 26.0. The van der Waals surface area contributed by atoms with Gasteiger partial charge in [-0.05, 0) is 74.1 Å². The van der Waals surface area contributed by atoms with Gasteiger partial charge >= 0.3 is 0 Å². The van der Waals surface area contributed by atoms with E-state index in [0.717, 1.165) is 72.4 Å². The number of hydrogen-bond acceptors (Lipinski definition) is 2. The zero-order valence-corrected chi connectivity index (χ0v) is 21.9. The molecule has 0 atom stereocenters. The van der Waals surface area contributed by atoms with E-state index in [1.54, 1.807) is 0 Å². The van der Waals surface area contributed by atoms with Crippen LogP contribution in [0, 0.1) is 5.82 Å². The van der Waals surface area contributed by atoms with E-state index >= 15 is 0 Å². The third-order valence-electron chi connectivity index (χ3n) is 6.02. The number of amides is 1. The minimum Gasteiger partial charge on any atom is -0.361 e. The summed E-state index contributed by atoms with van der Waals surface area (Å²) in [5, 5.41) is 7.68. The number of halogens is 2. The van der Waals surface area contributed by atoms with Gasteiger partial charge in [-0.2, -0.15) is 0 Å². The fourth-order valence-corrected chi connectivity index (χ4v) is 4.23. The maximum Gasteiger partial charge on any atom is 0.253 e. The Kier molecular flexibility index (Phi) is 9.74.